The van der Waals surface area contributed by atoms with Gasteiger partial charge in [-0.1, -0.05) is 24.3 Å². The molecule has 2 heterocycles. The van der Waals surface area contributed by atoms with E-state index in [1.54, 1.807) is 11.0 Å². The van der Waals surface area contributed by atoms with Crippen LogP contribution in [0, 0.1) is 5.92 Å². The van der Waals surface area contributed by atoms with E-state index in [0.717, 1.165) is 11.3 Å². The summed E-state index contributed by atoms with van der Waals surface area (Å²) in [5, 5.41) is 2.98. The van der Waals surface area contributed by atoms with Gasteiger partial charge in [0.2, 0.25) is 11.8 Å². The summed E-state index contributed by atoms with van der Waals surface area (Å²) in [6.07, 6.45) is 2.26. The molecule has 5 nitrogen and oxygen atoms in total. The third-order valence-corrected chi connectivity index (χ3v) is 4.84. The van der Waals surface area contributed by atoms with E-state index in [1.807, 2.05) is 52.0 Å². The van der Waals surface area contributed by atoms with Gasteiger partial charge >= 0.3 is 0 Å². The van der Waals surface area contributed by atoms with Crippen molar-refractivity contribution in [3.8, 4) is 5.75 Å². The highest BCUT2D eigenvalue weighted by Gasteiger charge is 2.55. The van der Waals surface area contributed by atoms with Crippen molar-refractivity contribution in [1.29, 1.82) is 0 Å². The second-order valence-corrected chi connectivity index (χ2v) is 8.08. The molecule has 0 saturated carbocycles. The van der Waals surface area contributed by atoms with Crippen LogP contribution in [0.1, 0.15) is 45.6 Å². The average Bonchev–Trinajstić information content (AvgIpc) is 2.49. The maximum atomic E-state index is 13.2. The molecule has 2 aliphatic heterocycles. The lowest BCUT2D eigenvalue weighted by atomic mass is 9.73. The summed E-state index contributed by atoms with van der Waals surface area (Å²) in [5.74, 6) is -0.621. The van der Waals surface area contributed by atoms with Gasteiger partial charge in [-0.2, -0.15) is 0 Å². The highest BCUT2D eigenvalue weighted by Crippen LogP contribution is 2.50. The second kappa shape index (κ2) is 5.90. The third-order valence-electron chi connectivity index (χ3n) is 4.84. The molecular weight excluding hydrogens is 316 g/mol. The van der Waals surface area contributed by atoms with E-state index in [1.165, 1.54) is 0 Å². The number of fused-ring (bicyclic) bond motifs is 4. The molecule has 0 aliphatic carbocycles. The van der Waals surface area contributed by atoms with Crippen molar-refractivity contribution in [3.05, 3.63) is 42.5 Å². The molecule has 0 radical (unpaired) electrons. The molecule has 134 valence electrons. The molecule has 2 aliphatic rings. The van der Waals surface area contributed by atoms with Gasteiger partial charge in [-0.15, -0.1) is 6.58 Å². The van der Waals surface area contributed by atoms with Gasteiger partial charge in [-0.3, -0.25) is 9.59 Å². The number of likely N-dealkylation sites (tertiary alicyclic amines) is 1. The maximum Gasteiger partial charge on any atom is 0.239 e. The van der Waals surface area contributed by atoms with Crippen LogP contribution in [0.3, 0.4) is 0 Å². The second-order valence-electron chi connectivity index (χ2n) is 8.08. The summed E-state index contributed by atoms with van der Waals surface area (Å²) in [6.45, 7) is 11.8. The minimum atomic E-state index is -0.761. The highest BCUT2D eigenvalue weighted by atomic mass is 16.5. The predicted octanol–water partition coefficient (Wildman–Crippen LogP) is 2.83. The molecule has 1 saturated heterocycles. The molecule has 0 unspecified atom stereocenters. The Labute approximate surface area is 149 Å². The van der Waals surface area contributed by atoms with E-state index in [2.05, 4.69) is 11.9 Å². The van der Waals surface area contributed by atoms with Crippen molar-refractivity contribution in [2.45, 2.75) is 51.3 Å². The zero-order chi connectivity index (χ0) is 18.4. The maximum absolute atomic E-state index is 13.2. The van der Waals surface area contributed by atoms with Gasteiger partial charge in [0, 0.05) is 24.4 Å². The van der Waals surface area contributed by atoms with E-state index in [0.29, 0.717) is 13.0 Å². The van der Waals surface area contributed by atoms with Gasteiger partial charge in [0.05, 0.1) is 0 Å². The molecule has 1 N–H and O–H groups in total. The Kier molecular flexibility index (Phi) is 4.13. The number of hydrogen-bond acceptors (Lipinski definition) is 3. The van der Waals surface area contributed by atoms with Crippen LogP contribution in [0.4, 0.5) is 0 Å². The summed E-state index contributed by atoms with van der Waals surface area (Å²) in [5.41, 5.74) is -0.227. The Bertz CT molecular complexity index is 722. The highest BCUT2D eigenvalue weighted by molar-refractivity contribution is 6.02. The summed E-state index contributed by atoms with van der Waals surface area (Å²) in [4.78, 5) is 27.8. The fraction of sp³-hybridized carbons (Fsp3) is 0.500. The molecular formula is C20H26N2O3. The number of ether oxygens (including phenoxy) is 1. The number of nitrogens with zero attached hydrogens (tertiary/aromatic N) is 1. The number of piperidine rings is 1. The number of carbonyl (C=O) groups is 2. The van der Waals surface area contributed by atoms with Crippen molar-refractivity contribution in [2.75, 3.05) is 6.54 Å². The van der Waals surface area contributed by atoms with Crippen molar-refractivity contribution in [3.63, 3.8) is 0 Å². The average molecular weight is 342 g/mol. The first-order chi connectivity index (χ1) is 11.7. The molecule has 5 heteroatoms. The molecule has 0 aromatic heterocycles. The number of hydrogen-bond donors (Lipinski definition) is 1. The number of para-hydroxylation sites is 1. The first-order valence-corrected chi connectivity index (χ1v) is 8.68. The normalized spacial score (nSPS) is 28.0. The monoisotopic (exact) mass is 342 g/mol. The number of benzene rings is 1. The first-order valence-electron chi connectivity index (χ1n) is 8.68. The van der Waals surface area contributed by atoms with Crippen molar-refractivity contribution in [2.24, 2.45) is 5.92 Å². The van der Waals surface area contributed by atoms with Crippen LogP contribution in [0.2, 0.25) is 0 Å². The molecule has 1 aromatic carbocycles. The smallest absolute Gasteiger partial charge is 0.239 e. The predicted molar refractivity (Wildman–Crippen MR) is 96.1 cm³/mol. The standard InChI is InChI=1S/C20H26N2O3/c1-6-11-22-18(24)16(17(23)21-19(2,3)4)14-12-20(22,5)25-15-10-8-7-9-13(14)15/h6-10,14,16H,1,11-12H2,2-5H3,(H,21,23)/t14-,16+,20+/m0/s1. The number of carbonyl (C=O) groups excluding carboxylic acids is 2. The summed E-state index contributed by atoms with van der Waals surface area (Å²) in [7, 11) is 0. The van der Waals surface area contributed by atoms with Gasteiger partial charge in [-0.05, 0) is 39.3 Å². The topological polar surface area (TPSA) is 58.6 Å². The quantitative estimate of drug-likeness (QED) is 0.679. The first kappa shape index (κ1) is 17.5. The van der Waals surface area contributed by atoms with Crippen LogP contribution < -0.4 is 10.1 Å². The van der Waals surface area contributed by atoms with Gasteiger partial charge in [0.1, 0.15) is 11.7 Å². The lowest BCUT2D eigenvalue weighted by Crippen LogP contribution is -2.65. The van der Waals surface area contributed by atoms with Crippen molar-refractivity contribution >= 4 is 11.8 Å². The van der Waals surface area contributed by atoms with E-state index in [9.17, 15) is 9.59 Å². The fourth-order valence-electron chi connectivity index (χ4n) is 3.87. The zero-order valence-corrected chi connectivity index (χ0v) is 15.3. The van der Waals surface area contributed by atoms with Crippen LogP contribution in [-0.2, 0) is 9.59 Å². The Balaban J connectivity index is 2.07. The summed E-state index contributed by atoms with van der Waals surface area (Å²) in [6, 6.07) is 7.69. The van der Waals surface area contributed by atoms with Crippen LogP contribution in [0.15, 0.2) is 36.9 Å². The molecule has 2 amide bonds. The Morgan fingerprint density at radius 1 is 1.44 bits per heavy atom. The van der Waals surface area contributed by atoms with Crippen LogP contribution >= 0.6 is 0 Å². The summed E-state index contributed by atoms with van der Waals surface area (Å²) < 4.78 is 6.18. The van der Waals surface area contributed by atoms with E-state index in [-0.39, 0.29) is 17.7 Å². The molecule has 2 bridgehead atoms. The van der Waals surface area contributed by atoms with Crippen LogP contribution in [-0.4, -0.2) is 34.5 Å². The van der Waals surface area contributed by atoms with Crippen LogP contribution in [0.5, 0.6) is 5.75 Å². The Morgan fingerprint density at radius 2 is 2.12 bits per heavy atom. The van der Waals surface area contributed by atoms with Gasteiger partial charge in [0.25, 0.3) is 0 Å². The van der Waals surface area contributed by atoms with E-state index < -0.39 is 17.2 Å². The lowest BCUT2D eigenvalue weighted by molar-refractivity contribution is -0.174. The molecule has 1 aromatic rings. The van der Waals surface area contributed by atoms with Crippen molar-refractivity contribution in [1.82, 2.24) is 10.2 Å². The fourth-order valence-corrected chi connectivity index (χ4v) is 3.87. The van der Waals surface area contributed by atoms with E-state index in [4.69, 9.17) is 4.74 Å². The van der Waals surface area contributed by atoms with E-state index >= 15 is 0 Å². The van der Waals surface area contributed by atoms with Gasteiger partial charge in [0.15, 0.2) is 5.72 Å². The lowest BCUT2D eigenvalue weighted by Gasteiger charge is -2.52. The van der Waals surface area contributed by atoms with Crippen molar-refractivity contribution < 1.29 is 14.3 Å². The molecule has 3 atom stereocenters. The Hall–Kier alpha value is -2.30. The number of nitrogens with one attached hydrogen (secondary N) is 1. The van der Waals surface area contributed by atoms with Gasteiger partial charge in [-0.25, -0.2) is 0 Å². The number of amides is 2. The molecule has 3 rings (SSSR count). The Morgan fingerprint density at radius 3 is 2.76 bits per heavy atom. The van der Waals surface area contributed by atoms with Crippen LogP contribution in [0.25, 0.3) is 0 Å². The van der Waals surface area contributed by atoms with Gasteiger partial charge < -0.3 is 15.0 Å². The third kappa shape index (κ3) is 3.03. The molecule has 1 fully saturated rings. The molecule has 0 spiro atoms. The summed E-state index contributed by atoms with van der Waals surface area (Å²) >= 11 is 0. The SMILES string of the molecule is C=CCN1C(=O)[C@@H](C(=O)NC(C)(C)C)[C@H]2C[C@@]1(C)Oc1ccccc12. The minimum absolute atomic E-state index is 0.189. The zero-order valence-electron chi connectivity index (χ0n) is 15.3. The number of rotatable bonds is 3. The molecule has 25 heavy (non-hydrogen) atoms. The largest absolute Gasteiger partial charge is 0.468 e. The minimum Gasteiger partial charge on any atom is -0.468 e.